The van der Waals surface area contributed by atoms with Gasteiger partial charge in [-0.3, -0.25) is 4.98 Å². The van der Waals surface area contributed by atoms with Gasteiger partial charge in [0.05, 0.1) is 5.69 Å². The number of hydrogen-bond donors (Lipinski definition) is 1. The maximum absolute atomic E-state index is 4.33. The minimum absolute atomic E-state index is 0.667. The first-order chi connectivity index (χ1) is 6.72. The highest BCUT2D eigenvalue weighted by Crippen LogP contribution is 2.03. The lowest BCUT2D eigenvalue weighted by molar-refractivity contribution is 0.672. The Balaban J connectivity index is 2.28. The fourth-order valence-electron chi connectivity index (χ4n) is 1.09. The number of pyridine rings is 1. The average Bonchev–Trinajstić information content (AvgIpc) is 2.21. The SMILES string of the molecule is CSC(C)CNCc1ccc(C)cn1. The van der Waals surface area contributed by atoms with E-state index in [-0.39, 0.29) is 0 Å². The minimum atomic E-state index is 0.667. The van der Waals surface area contributed by atoms with Crippen molar-refractivity contribution in [2.45, 2.75) is 25.6 Å². The molecule has 1 unspecified atom stereocenters. The summed E-state index contributed by atoms with van der Waals surface area (Å²) in [5, 5.41) is 4.06. The van der Waals surface area contributed by atoms with Gasteiger partial charge in [0.15, 0.2) is 0 Å². The van der Waals surface area contributed by atoms with Crippen LogP contribution in [0.15, 0.2) is 18.3 Å². The Bertz CT molecular complexity index is 258. The second kappa shape index (κ2) is 6.04. The standard InChI is InChI=1S/C11H18N2S/c1-9-4-5-11(13-6-9)8-12-7-10(2)14-3/h4-6,10,12H,7-8H2,1-3H3. The minimum Gasteiger partial charge on any atom is -0.310 e. The highest BCUT2D eigenvalue weighted by atomic mass is 32.2. The number of nitrogens with zero attached hydrogens (tertiary/aromatic N) is 1. The maximum Gasteiger partial charge on any atom is 0.0541 e. The third-order valence-corrected chi connectivity index (χ3v) is 3.08. The average molecular weight is 210 g/mol. The first-order valence-corrected chi connectivity index (χ1v) is 6.16. The Morgan fingerprint density at radius 2 is 2.29 bits per heavy atom. The zero-order chi connectivity index (χ0) is 10.4. The quantitative estimate of drug-likeness (QED) is 0.806. The number of rotatable bonds is 5. The molecule has 0 saturated heterocycles. The van der Waals surface area contributed by atoms with Crippen LogP contribution < -0.4 is 5.32 Å². The molecule has 1 heterocycles. The van der Waals surface area contributed by atoms with Gasteiger partial charge >= 0.3 is 0 Å². The molecule has 3 heteroatoms. The molecule has 0 fully saturated rings. The molecule has 1 rings (SSSR count). The first-order valence-electron chi connectivity index (χ1n) is 4.87. The summed E-state index contributed by atoms with van der Waals surface area (Å²) in [4.78, 5) is 4.33. The zero-order valence-electron chi connectivity index (χ0n) is 9.08. The van der Waals surface area contributed by atoms with Crippen LogP contribution in [0.1, 0.15) is 18.2 Å². The summed E-state index contributed by atoms with van der Waals surface area (Å²) in [6, 6.07) is 4.17. The van der Waals surface area contributed by atoms with E-state index < -0.39 is 0 Å². The van der Waals surface area contributed by atoms with Crippen LogP contribution in [-0.2, 0) is 6.54 Å². The number of aromatic nitrogens is 1. The van der Waals surface area contributed by atoms with Crippen LogP contribution >= 0.6 is 11.8 Å². The molecule has 0 aliphatic carbocycles. The van der Waals surface area contributed by atoms with Crippen molar-refractivity contribution in [1.82, 2.24) is 10.3 Å². The molecule has 0 aliphatic rings. The maximum atomic E-state index is 4.33. The van der Waals surface area contributed by atoms with Crippen molar-refractivity contribution in [1.29, 1.82) is 0 Å². The molecule has 1 aromatic heterocycles. The number of nitrogens with one attached hydrogen (secondary N) is 1. The van der Waals surface area contributed by atoms with E-state index in [0.29, 0.717) is 5.25 Å². The van der Waals surface area contributed by atoms with Crippen molar-refractivity contribution in [2.24, 2.45) is 0 Å². The van der Waals surface area contributed by atoms with Crippen LogP contribution in [0.25, 0.3) is 0 Å². The van der Waals surface area contributed by atoms with Crippen molar-refractivity contribution in [3.8, 4) is 0 Å². The molecule has 0 bridgehead atoms. The van der Waals surface area contributed by atoms with Crippen LogP contribution in [0.3, 0.4) is 0 Å². The monoisotopic (exact) mass is 210 g/mol. The Labute approximate surface area is 90.5 Å². The predicted molar refractivity (Wildman–Crippen MR) is 63.7 cm³/mol. The summed E-state index contributed by atoms with van der Waals surface area (Å²) in [7, 11) is 0. The Morgan fingerprint density at radius 3 is 2.86 bits per heavy atom. The van der Waals surface area contributed by atoms with Crippen molar-refractivity contribution in [2.75, 3.05) is 12.8 Å². The van der Waals surface area contributed by atoms with E-state index in [1.165, 1.54) is 5.56 Å². The van der Waals surface area contributed by atoms with Crippen molar-refractivity contribution in [3.05, 3.63) is 29.6 Å². The summed E-state index contributed by atoms with van der Waals surface area (Å²) in [6.07, 6.45) is 4.05. The van der Waals surface area contributed by atoms with Gasteiger partial charge in [0, 0.05) is 24.5 Å². The van der Waals surface area contributed by atoms with Crippen molar-refractivity contribution < 1.29 is 0 Å². The van der Waals surface area contributed by atoms with Crippen molar-refractivity contribution in [3.63, 3.8) is 0 Å². The summed E-state index contributed by atoms with van der Waals surface area (Å²) >= 11 is 1.88. The Kier molecular flexibility index (Phi) is 4.98. The molecule has 0 aromatic carbocycles. The lowest BCUT2D eigenvalue weighted by atomic mass is 10.3. The second-order valence-corrected chi connectivity index (χ2v) is 4.78. The van der Waals surface area contributed by atoms with E-state index in [1.54, 1.807) is 0 Å². The topological polar surface area (TPSA) is 24.9 Å². The fourth-order valence-corrected chi connectivity index (χ4v) is 1.37. The molecule has 14 heavy (non-hydrogen) atoms. The van der Waals surface area contributed by atoms with E-state index in [2.05, 4.69) is 42.5 Å². The van der Waals surface area contributed by atoms with E-state index in [1.807, 2.05) is 18.0 Å². The highest BCUT2D eigenvalue weighted by Gasteiger charge is 1.98. The molecule has 1 atom stereocenters. The summed E-state index contributed by atoms with van der Waals surface area (Å²) < 4.78 is 0. The smallest absolute Gasteiger partial charge is 0.0541 e. The molecule has 78 valence electrons. The molecule has 0 spiro atoms. The van der Waals surface area contributed by atoms with Gasteiger partial charge in [0.25, 0.3) is 0 Å². The molecule has 1 aromatic rings. The van der Waals surface area contributed by atoms with E-state index in [0.717, 1.165) is 18.8 Å². The van der Waals surface area contributed by atoms with Gasteiger partial charge in [-0.25, -0.2) is 0 Å². The molecular formula is C11H18N2S. The number of aryl methyl sites for hydroxylation is 1. The van der Waals surface area contributed by atoms with Crippen molar-refractivity contribution >= 4 is 11.8 Å². The summed E-state index contributed by atoms with van der Waals surface area (Å²) in [5.41, 5.74) is 2.33. The van der Waals surface area contributed by atoms with Gasteiger partial charge in [-0.15, -0.1) is 0 Å². The zero-order valence-corrected chi connectivity index (χ0v) is 9.90. The van der Waals surface area contributed by atoms with Crippen LogP contribution in [-0.4, -0.2) is 23.0 Å². The molecule has 0 radical (unpaired) electrons. The lowest BCUT2D eigenvalue weighted by Crippen LogP contribution is -2.22. The van der Waals surface area contributed by atoms with Gasteiger partial charge < -0.3 is 5.32 Å². The van der Waals surface area contributed by atoms with Crippen LogP contribution in [0.2, 0.25) is 0 Å². The van der Waals surface area contributed by atoms with Gasteiger partial charge in [0.1, 0.15) is 0 Å². The summed E-state index contributed by atoms with van der Waals surface area (Å²) in [6.45, 7) is 6.18. The van der Waals surface area contributed by atoms with Crippen LogP contribution in [0.5, 0.6) is 0 Å². The largest absolute Gasteiger partial charge is 0.310 e. The molecule has 1 N–H and O–H groups in total. The Hall–Kier alpha value is -0.540. The molecular weight excluding hydrogens is 192 g/mol. The molecule has 0 amide bonds. The summed E-state index contributed by atoms with van der Waals surface area (Å²) in [5.74, 6) is 0. The predicted octanol–water partition coefficient (Wildman–Crippen LogP) is 2.23. The third-order valence-electron chi connectivity index (χ3n) is 2.11. The molecule has 2 nitrogen and oxygen atoms in total. The fraction of sp³-hybridized carbons (Fsp3) is 0.545. The molecule has 0 saturated carbocycles. The molecule has 0 aliphatic heterocycles. The third kappa shape index (κ3) is 4.11. The van der Waals surface area contributed by atoms with E-state index in [9.17, 15) is 0 Å². The van der Waals surface area contributed by atoms with Crippen LogP contribution in [0.4, 0.5) is 0 Å². The van der Waals surface area contributed by atoms with Gasteiger partial charge in [0.2, 0.25) is 0 Å². The van der Waals surface area contributed by atoms with Gasteiger partial charge in [-0.1, -0.05) is 13.0 Å². The second-order valence-electron chi connectivity index (χ2n) is 3.50. The first kappa shape index (κ1) is 11.5. The number of hydrogen-bond acceptors (Lipinski definition) is 3. The normalized spacial score (nSPS) is 12.8. The number of thioether (sulfide) groups is 1. The van der Waals surface area contributed by atoms with Crippen LogP contribution in [0, 0.1) is 6.92 Å². The highest BCUT2D eigenvalue weighted by molar-refractivity contribution is 7.99. The van der Waals surface area contributed by atoms with Gasteiger partial charge in [-0.05, 0) is 24.8 Å². The lowest BCUT2D eigenvalue weighted by Gasteiger charge is -2.09. The van der Waals surface area contributed by atoms with E-state index >= 15 is 0 Å². The Morgan fingerprint density at radius 1 is 1.50 bits per heavy atom. The van der Waals surface area contributed by atoms with E-state index in [4.69, 9.17) is 0 Å². The van der Waals surface area contributed by atoms with Gasteiger partial charge in [-0.2, -0.15) is 11.8 Å².